The number of carbonyl (C=O) groups excluding carboxylic acids is 1. The number of carbonyl (C=O) groups is 1. The number of rotatable bonds is 6. The third-order valence-electron chi connectivity index (χ3n) is 2.64. The summed E-state index contributed by atoms with van der Waals surface area (Å²) in [6.45, 7) is 8.36. The van der Waals surface area contributed by atoms with Gasteiger partial charge in [0.1, 0.15) is 0 Å². The van der Waals surface area contributed by atoms with E-state index in [4.69, 9.17) is 10.8 Å². The third-order valence-corrected chi connectivity index (χ3v) is 2.64. The van der Waals surface area contributed by atoms with Gasteiger partial charge in [0.25, 0.3) is 0 Å². The number of aliphatic hydroxyl groups is 1. The Morgan fingerprint density at radius 2 is 1.87 bits per heavy atom. The average molecular weight is 216 g/mol. The van der Waals surface area contributed by atoms with Gasteiger partial charge in [-0.15, -0.1) is 0 Å². The molecule has 2 atom stereocenters. The lowest BCUT2D eigenvalue weighted by molar-refractivity contribution is -0.137. The molecule has 0 rings (SSSR count). The smallest absolute Gasteiger partial charge is 0.227 e. The van der Waals surface area contributed by atoms with Crippen LogP contribution in [0.3, 0.4) is 0 Å². The van der Waals surface area contributed by atoms with Gasteiger partial charge in [0.2, 0.25) is 5.91 Å². The molecule has 4 nitrogen and oxygen atoms in total. The number of nitrogens with zero attached hydrogens (tertiary/aromatic N) is 1. The second-order valence-corrected chi connectivity index (χ2v) is 4.35. The molecule has 0 saturated carbocycles. The SMILES string of the molecule is CC(N)C(C)C(=O)N(CCCO)C(C)C. The minimum atomic E-state index is -0.161. The average Bonchev–Trinajstić information content (AvgIpc) is 2.16. The zero-order chi connectivity index (χ0) is 12.0. The Morgan fingerprint density at radius 1 is 1.33 bits per heavy atom. The summed E-state index contributed by atoms with van der Waals surface area (Å²) in [7, 11) is 0. The van der Waals surface area contributed by atoms with Crippen LogP contribution in [-0.2, 0) is 4.79 Å². The van der Waals surface area contributed by atoms with Gasteiger partial charge in [0.05, 0.1) is 5.92 Å². The minimum Gasteiger partial charge on any atom is -0.396 e. The predicted octanol–water partition coefficient (Wildman–Crippen LogP) is 0.589. The maximum Gasteiger partial charge on any atom is 0.227 e. The molecule has 0 aromatic rings. The van der Waals surface area contributed by atoms with Gasteiger partial charge in [-0.2, -0.15) is 0 Å². The molecular formula is C11H24N2O2. The molecule has 90 valence electrons. The van der Waals surface area contributed by atoms with E-state index in [9.17, 15) is 4.79 Å². The number of amides is 1. The number of hydrogen-bond acceptors (Lipinski definition) is 3. The fraction of sp³-hybridized carbons (Fsp3) is 0.909. The van der Waals surface area contributed by atoms with Crippen molar-refractivity contribution >= 4 is 5.91 Å². The van der Waals surface area contributed by atoms with Crippen molar-refractivity contribution in [1.82, 2.24) is 4.90 Å². The lowest BCUT2D eigenvalue weighted by atomic mass is 10.0. The summed E-state index contributed by atoms with van der Waals surface area (Å²) in [4.78, 5) is 13.8. The highest BCUT2D eigenvalue weighted by Crippen LogP contribution is 2.10. The van der Waals surface area contributed by atoms with Crippen LogP contribution < -0.4 is 5.73 Å². The zero-order valence-electron chi connectivity index (χ0n) is 10.2. The van der Waals surface area contributed by atoms with E-state index in [2.05, 4.69) is 0 Å². The van der Waals surface area contributed by atoms with Crippen LogP contribution in [0.15, 0.2) is 0 Å². The van der Waals surface area contributed by atoms with Gasteiger partial charge in [-0.05, 0) is 27.2 Å². The fourth-order valence-corrected chi connectivity index (χ4v) is 1.35. The molecule has 15 heavy (non-hydrogen) atoms. The van der Waals surface area contributed by atoms with Crippen molar-refractivity contribution in [3.05, 3.63) is 0 Å². The van der Waals surface area contributed by atoms with Crippen LogP contribution in [0.4, 0.5) is 0 Å². The molecule has 4 heteroatoms. The van der Waals surface area contributed by atoms with Crippen LogP contribution >= 0.6 is 0 Å². The van der Waals surface area contributed by atoms with Gasteiger partial charge in [0, 0.05) is 25.2 Å². The molecule has 0 bridgehead atoms. The Hall–Kier alpha value is -0.610. The molecule has 0 aromatic carbocycles. The first kappa shape index (κ1) is 14.4. The van der Waals surface area contributed by atoms with E-state index in [1.165, 1.54) is 0 Å². The molecule has 0 radical (unpaired) electrons. The van der Waals surface area contributed by atoms with Crippen LogP contribution in [0.25, 0.3) is 0 Å². The van der Waals surface area contributed by atoms with Crippen molar-refractivity contribution in [2.45, 2.75) is 46.2 Å². The van der Waals surface area contributed by atoms with Crippen molar-refractivity contribution in [1.29, 1.82) is 0 Å². The summed E-state index contributed by atoms with van der Waals surface area (Å²) >= 11 is 0. The molecule has 0 aliphatic rings. The van der Waals surface area contributed by atoms with Crippen LogP contribution in [0.5, 0.6) is 0 Å². The van der Waals surface area contributed by atoms with Gasteiger partial charge >= 0.3 is 0 Å². The Kier molecular flexibility index (Phi) is 6.52. The summed E-state index contributed by atoms with van der Waals surface area (Å²) in [6, 6.07) is 0.0260. The highest BCUT2D eigenvalue weighted by atomic mass is 16.3. The normalized spacial score (nSPS) is 15.1. The van der Waals surface area contributed by atoms with E-state index < -0.39 is 0 Å². The fourth-order valence-electron chi connectivity index (χ4n) is 1.35. The molecule has 0 aliphatic carbocycles. The first-order valence-electron chi connectivity index (χ1n) is 5.58. The van der Waals surface area contributed by atoms with Crippen molar-refractivity contribution < 1.29 is 9.90 Å². The summed E-state index contributed by atoms with van der Waals surface area (Å²) in [5.41, 5.74) is 5.71. The van der Waals surface area contributed by atoms with E-state index in [1.807, 2.05) is 27.7 Å². The second kappa shape index (κ2) is 6.80. The highest BCUT2D eigenvalue weighted by Gasteiger charge is 2.24. The van der Waals surface area contributed by atoms with Crippen LogP contribution in [0.1, 0.15) is 34.1 Å². The van der Waals surface area contributed by atoms with E-state index in [-0.39, 0.29) is 30.5 Å². The standard InChI is InChI=1S/C11H24N2O2/c1-8(2)13(6-5-7-14)11(15)9(3)10(4)12/h8-10,14H,5-7,12H2,1-4H3. The summed E-state index contributed by atoms with van der Waals surface area (Å²) in [5.74, 6) is -0.0838. The lowest BCUT2D eigenvalue weighted by Gasteiger charge is -2.30. The summed E-state index contributed by atoms with van der Waals surface area (Å²) < 4.78 is 0. The quantitative estimate of drug-likeness (QED) is 0.683. The molecule has 2 unspecified atom stereocenters. The van der Waals surface area contributed by atoms with Crippen molar-refractivity contribution in [2.75, 3.05) is 13.2 Å². The molecule has 0 aliphatic heterocycles. The highest BCUT2D eigenvalue weighted by molar-refractivity contribution is 5.79. The lowest BCUT2D eigenvalue weighted by Crippen LogP contribution is -2.45. The molecule has 0 fully saturated rings. The second-order valence-electron chi connectivity index (χ2n) is 4.35. The van der Waals surface area contributed by atoms with E-state index in [0.29, 0.717) is 13.0 Å². The van der Waals surface area contributed by atoms with E-state index in [1.54, 1.807) is 4.90 Å². The molecule has 0 spiro atoms. The van der Waals surface area contributed by atoms with Gasteiger partial charge < -0.3 is 15.7 Å². The van der Waals surface area contributed by atoms with Crippen LogP contribution in [0.2, 0.25) is 0 Å². The maximum atomic E-state index is 12.0. The Morgan fingerprint density at radius 3 is 2.20 bits per heavy atom. The predicted molar refractivity (Wildman–Crippen MR) is 61.4 cm³/mol. The van der Waals surface area contributed by atoms with Crippen molar-refractivity contribution in [3.63, 3.8) is 0 Å². The number of nitrogens with two attached hydrogens (primary N) is 1. The Labute approximate surface area is 92.4 Å². The number of aliphatic hydroxyl groups excluding tert-OH is 1. The first-order chi connectivity index (χ1) is 6.91. The Balaban J connectivity index is 4.41. The Bertz CT molecular complexity index is 193. The van der Waals surface area contributed by atoms with Crippen LogP contribution in [0, 0.1) is 5.92 Å². The first-order valence-corrected chi connectivity index (χ1v) is 5.58. The topological polar surface area (TPSA) is 66.6 Å². The van der Waals surface area contributed by atoms with Crippen molar-refractivity contribution in [2.24, 2.45) is 11.7 Å². The van der Waals surface area contributed by atoms with Gasteiger partial charge in [0.15, 0.2) is 0 Å². The molecule has 3 N–H and O–H groups in total. The largest absolute Gasteiger partial charge is 0.396 e. The zero-order valence-corrected chi connectivity index (χ0v) is 10.2. The van der Waals surface area contributed by atoms with Gasteiger partial charge in [-0.1, -0.05) is 6.92 Å². The minimum absolute atomic E-state index is 0.0773. The molecule has 0 heterocycles. The number of hydrogen-bond donors (Lipinski definition) is 2. The van der Waals surface area contributed by atoms with Gasteiger partial charge in [-0.25, -0.2) is 0 Å². The molecule has 0 aromatic heterocycles. The van der Waals surface area contributed by atoms with Gasteiger partial charge in [-0.3, -0.25) is 4.79 Å². The van der Waals surface area contributed by atoms with E-state index >= 15 is 0 Å². The maximum absolute atomic E-state index is 12.0. The monoisotopic (exact) mass is 216 g/mol. The molecular weight excluding hydrogens is 192 g/mol. The summed E-state index contributed by atoms with van der Waals surface area (Å²) in [5, 5.41) is 8.76. The third kappa shape index (κ3) is 4.62. The summed E-state index contributed by atoms with van der Waals surface area (Å²) in [6.07, 6.45) is 0.621. The molecule has 1 amide bonds. The van der Waals surface area contributed by atoms with Crippen LogP contribution in [-0.4, -0.2) is 41.1 Å². The van der Waals surface area contributed by atoms with Crippen molar-refractivity contribution in [3.8, 4) is 0 Å². The van der Waals surface area contributed by atoms with E-state index in [0.717, 1.165) is 0 Å². The molecule has 0 saturated heterocycles.